The lowest BCUT2D eigenvalue weighted by molar-refractivity contribution is -0.929. The van der Waals surface area contributed by atoms with E-state index < -0.39 is 0 Å². The van der Waals surface area contributed by atoms with Gasteiger partial charge in [-0.05, 0) is 25.2 Å². The Kier molecular flexibility index (Phi) is 5.44. The molecule has 0 aliphatic carbocycles. The Morgan fingerprint density at radius 1 is 1.46 bits per heavy atom. The summed E-state index contributed by atoms with van der Waals surface area (Å²) in [7, 11) is 0. The highest BCUT2D eigenvalue weighted by atomic mass is 35.5. The van der Waals surface area contributed by atoms with Crippen molar-refractivity contribution in [2.24, 2.45) is 5.92 Å². The first-order chi connectivity index (χ1) is 11.5. The van der Waals surface area contributed by atoms with Gasteiger partial charge in [0, 0.05) is 19.0 Å². The summed E-state index contributed by atoms with van der Waals surface area (Å²) < 4.78 is 9.17. The highest BCUT2D eigenvalue weighted by Gasteiger charge is 2.28. The maximum absolute atomic E-state index is 11.8. The molecule has 1 aliphatic heterocycles. The van der Waals surface area contributed by atoms with E-state index in [2.05, 4.69) is 5.10 Å². The zero-order chi connectivity index (χ0) is 17.3. The van der Waals surface area contributed by atoms with Gasteiger partial charge in [-0.25, -0.2) is 0 Å². The van der Waals surface area contributed by atoms with Gasteiger partial charge >= 0.3 is 5.97 Å². The minimum atomic E-state index is -0.0812. The summed E-state index contributed by atoms with van der Waals surface area (Å²) in [6.07, 6.45) is 3.36. The van der Waals surface area contributed by atoms with Crippen LogP contribution in [-0.2, 0) is 16.2 Å². The van der Waals surface area contributed by atoms with E-state index in [1.807, 2.05) is 6.92 Å². The minimum Gasteiger partial charge on any atom is -0.466 e. The quantitative estimate of drug-likeness (QED) is 0.641. The Labute approximate surface area is 154 Å². The van der Waals surface area contributed by atoms with E-state index in [1.165, 1.54) is 4.90 Å². The average molecular weight is 390 g/mol. The molecular formula is C15H19Cl2N4O2S+. The summed E-state index contributed by atoms with van der Waals surface area (Å²) >= 11 is 17.7. The number of quaternary nitrogens is 1. The van der Waals surface area contributed by atoms with E-state index >= 15 is 0 Å². The predicted molar refractivity (Wildman–Crippen MR) is 94.1 cm³/mol. The first kappa shape index (κ1) is 17.7. The number of hydrogen-bond donors (Lipinski definition) is 1. The lowest BCUT2D eigenvalue weighted by Crippen LogP contribution is -3.12. The average Bonchev–Trinajstić information content (AvgIpc) is 2.85. The number of pyridine rings is 1. The molecule has 2 aromatic rings. The number of nitrogens with zero attached hydrogens (tertiary/aromatic N) is 3. The number of halogens is 2. The highest BCUT2D eigenvalue weighted by molar-refractivity contribution is 7.71. The number of aromatic nitrogens is 3. The Morgan fingerprint density at radius 2 is 2.17 bits per heavy atom. The normalized spacial score (nSPS) is 21.1. The number of esters is 1. The van der Waals surface area contributed by atoms with E-state index in [9.17, 15) is 4.79 Å². The molecule has 1 N–H and O–H groups in total. The standard InChI is InChI=1S/C15H18Cl2N4O2S/c1-2-23-14(22)10-3-5-19(6-4-10)9-21-15(24)20-8-11(16)7-12(17)13(20)18-21/h7-8,10H,2-6,9H2,1H3/p+1. The van der Waals surface area contributed by atoms with Crippen molar-refractivity contribution in [2.75, 3.05) is 19.7 Å². The fraction of sp³-hybridized carbons (Fsp3) is 0.533. The van der Waals surface area contributed by atoms with Crippen LogP contribution in [0.25, 0.3) is 5.65 Å². The van der Waals surface area contributed by atoms with E-state index in [4.69, 9.17) is 40.2 Å². The van der Waals surface area contributed by atoms with Crippen molar-refractivity contribution < 1.29 is 14.4 Å². The van der Waals surface area contributed by atoms with E-state index in [1.54, 1.807) is 21.3 Å². The molecule has 0 amide bonds. The molecular weight excluding hydrogens is 371 g/mol. The van der Waals surface area contributed by atoms with Crippen LogP contribution in [0.15, 0.2) is 12.3 Å². The molecule has 9 heteroatoms. The summed E-state index contributed by atoms with van der Waals surface area (Å²) in [5.41, 5.74) is 0.604. The number of hydrogen-bond acceptors (Lipinski definition) is 4. The lowest BCUT2D eigenvalue weighted by Gasteiger charge is -2.27. The van der Waals surface area contributed by atoms with E-state index in [0.717, 1.165) is 25.9 Å². The third kappa shape index (κ3) is 3.59. The number of fused-ring (bicyclic) bond motifs is 1. The van der Waals surface area contributed by atoms with Gasteiger partial charge in [0.15, 0.2) is 12.3 Å². The number of piperidine rings is 1. The Hall–Kier alpha value is -1.15. The second kappa shape index (κ2) is 7.39. The van der Waals surface area contributed by atoms with Gasteiger partial charge in [0.2, 0.25) is 4.77 Å². The van der Waals surface area contributed by atoms with Gasteiger partial charge in [-0.2, -0.15) is 4.68 Å². The predicted octanol–water partition coefficient (Wildman–Crippen LogP) is 1.99. The molecule has 0 aromatic carbocycles. The maximum Gasteiger partial charge on any atom is 0.309 e. The van der Waals surface area contributed by atoms with Crippen LogP contribution in [0.1, 0.15) is 19.8 Å². The number of nitrogens with one attached hydrogen (secondary N) is 1. The van der Waals surface area contributed by atoms with Crippen LogP contribution in [0, 0.1) is 10.7 Å². The molecule has 3 rings (SSSR count). The second-order valence-electron chi connectivity index (χ2n) is 5.92. The Morgan fingerprint density at radius 3 is 2.83 bits per heavy atom. The van der Waals surface area contributed by atoms with Crippen molar-refractivity contribution >= 4 is 47.0 Å². The van der Waals surface area contributed by atoms with Crippen LogP contribution in [-0.4, -0.2) is 39.8 Å². The van der Waals surface area contributed by atoms with Crippen molar-refractivity contribution in [3.8, 4) is 0 Å². The van der Waals surface area contributed by atoms with Gasteiger partial charge in [0.25, 0.3) is 0 Å². The summed E-state index contributed by atoms with van der Waals surface area (Å²) in [5, 5.41) is 5.50. The molecule has 1 aliphatic rings. The Bertz CT molecular complexity index is 812. The molecule has 2 aromatic heterocycles. The molecule has 24 heavy (non-hydrogen) atoms. The largest absolute Gasteiger partial charge is 0.466 e. The van der Waals surface area contributed by atoms with Crippen molar-refractivity contribution in [2.45, 2.75) is 26.4 Å². The summed E-state index contributed by atoms with van der Waals surface area (Å²) in [6.45, 7) is 4.68. The number of carbonyl (C=O) groups excluding carboxylic acids is 1. The van der Waals surface area contributed by atoms with Crippen molar-refractivity contribution in [1.29, 1.82) is 0 Å². The molecule has 130 valence electrons. The molecule has 0 bridgehead atoms. The smallest absolute Gasteiger partial charge is 0.309 e. The van der Waals surface area contributed by atoms with Crippen molar-refractivity contribution in [3.05, 3.63) is 27.1 Å². The number of ether oxygens (including phenoxy) is 1. The third-order valence-electron chi connectivity index (χ3n) is 4.29. The number of likely N-dealkylation sites (tertiary alicyclic amines) is 1. The molecule has 0 spiro atoms. The second-order valence-corrected chi connectivity index (χ2v) is 7.13. The summed E-state index contributed by atoms with van der Waals surface area (Å²) in [6, 6.07) is 1.66. The van der Waals surface area contributed by atoms with Crippen LogP contribution < -0.4 is 4.90 Å². The monoisotopic (exact) mass is 389 g/mol. The maximum atomic E-state index is 11.8. The van der Waals surface area contributed by atoms with Crippen molar-refractivity contribution in [1.82, 2.24) is 14.2 Å². The molecule has 1 saturated heterocycles. The van der Waals surface area contributed by atoms with Crippen LogP contribution in [0.2, 0.25) is 10.0 Å². The lowest BCUT2D eigenvalue weighted by atomic mass is 9.97. The molecule has 0 unspecified atom stereocenters. The van der Waals surface area contributed by atoms with Crippen molar-refractivity contribution in [3.63, 3.8) is 0 Å². The fourth-order valence-electron chi connectivity index (χ4n) is 3.04. The van der Waals surface area contributed by atoms with Crippen LogP contribution in [0.5, 0.6) is 0 Å². The van der Waals surface area contributed by atoms with Crippen LogP contribution in [0.3, 0.4) is 0 Å². The van der Waals surface area contributed by atoms with Gasteiger partial charge in [-0.1, -0.05) is 23.2 Å². The summed E-state index contributed by atoms with van der Waals surface area (Å²) in [5.74, 6) is -0.0710. The highest BCUT2D eigenvalue weighted by Crippen LogP contribution is 2.21. The van der Waals surface area contributed by atoms with Gasteiger partial charge in [-0.3, -0.25) is 9.20 Å². The molecule has 1 fully saturated rings. The van der Waals surface area contributed by atoms with Crippen LogP contribution in [0.4, 0.5) is 0 Å². The first-order valence-corrected chi connectivity index (χ1v) is 9.10. The minimum absolute atomic E-state index is 0.0102. The molecule has 0 saturated carbocycles. The summed E-state index contributed by atoms with van der Waals surface area (Å²) in [4.78, 5) is 13.1. The fourth-order valence-corrected chi connectivity index (χ4v) is 3.79. The van der Waals surface area contributed by atoms with E-state index in [0.29, 0.717) is 33.7 Å². The van der Waals surface area contributed by atoms with Gasteiger partial charge < -0.3 is 9.64 Å². The van der Waals surface area contributed by atoms with Gasteiger partial charge in [0.1, 0.15) is 0 Å². The number of carbonyl (C=O) groups is 1. The third-order valence-corrected chi connectivity index (χ3v) is 5.18. The van der Waals surface area contributed by atoms with Gasteiger partial charge in [-0.15, -0.1) is 5.10 Å². The number of rotatable bonds is 4. The zero-order valence-electron chi connectivity index (χ0n) is 13.3. The van der Waals surface area contributed by atoms with Gasteiger partial charge in [0.05, 0.1) is 35.7 Å². The topological polar surface area (TPSA) is 53.0 Å². The Balaban J connectivity index is 1.71. The molecule has 3 heterocycles. The first-order valence-electron chi connectivity index (χ1n) is 7.94. The molecule has 6 nitrogen and oxygen atoms in total. The molecule has 0 atom stereocenters. The molecule has 0 radical (unpaired) electrons. The van der Waals surface area contributed by atoms with Crippen LogP contribution >= 0.6 is 35.4 Å². The SMILES string of the molecule is CCOC(=O)C1CC[NH+](Cn2nc3c(Cl)cc(Cl)cn3c2=S)CC1. The zero-order valence-corrected chi connectivity index (χ0v) is 15.6. The van der Waals surface area contributed by atoms with E-state index in [-0.39, 0.29) is 11.9 Å².